The van der Waals surface area contributed by atoms with Crippen molar-refractivity contribution in [3.63, 3.8) is 0 Å². The molecule has 1 saturated heterocycles. The second kappa shape index (κ2) is 5.48. The third-order valence-electron chi connectivity index (χ3n) is 3.78. The van der Waals surface area contributed by atoms with Crippen LogP contribution in [0.15, 0.2) is 27.6 Å². The van der Waals surface area contributed by atoms with Gasteiger partial charge in [-0.05, 0) is 36.5 Å². The van der Waals surface area contributed by atoms with Gasteiger partial charge < -0.3 is 0 Å². The monoisotopic (exact) mass is 359 g/mol. The molecule has 1 aliphatic rings. The quantitative estimate of drug-likeness (QED) is 0.833. The fourth-order valence-corrected chi connectivity index (χ4v) is 4.59. The van der Waals surface area contributed by atoms with Gasteiger partial charge in [-0.1, -0.05) is 35.8 Å². The molecule has 1 atom stereocenters. The van der Waals surface area contributed by atoms with Crippen LogP contribution in [-0.2, 0) is 14.8 Å². The van der Waals surface area contributed by atoms with E-state index in [2.05, 4.69) is 15.9 Å². The Balaban J connectivity index is 2.41. The van der Waals surface area contributed by atoms with Gasteiger partial charge in [-0.25, -0.2) is 12.7 Å². The van der Waals surface area contributed by atoms with Gasteiger partial charge in [0.05, 0.1) is 4.90 Å². The van der Waals surface area contributed by atoms with Gasteiger partial charge in [0, 0.05) is 17.4 Å². The molecule has 0 bridgehead atoms. The molecule has 110 valence electrons. The molecule has 1 aliphatic heterocycles. The van der Waals surface area contributed by atoms with Crippen LogP contribution in [0.3, 0.4) is 0 Å². The lowest BCUT2D eigenvalue weighted by Crippen LogP contribution is -2.33. The highest BCUT2D eigenvalue weighted by Gasteiger charge is 2.39. The Labute approximate surface area is 128 Å². The highest BCUT2D eigenvalue weighted by molar-refractivity contribution is 9.10. The maximum absolute atomic E-state index is 12.7. The smallest absolute Gasteiger partial charge is 0.266 e. The second-order valence-electron chi connectivity index (χ2n) is 5.55. The summed E-state index contributed by atoms with van der Waals surface area (Å²) in [6.07, 6.45) is 0.309. The summed E-state index contributed by atoms with van der Waals surface area (Å²) in [4.78, 5) is 12.2. The molecule has 0 saturated carbocycles. The van der Waals surface area contributed by atoms with Crippen LogP contribution in [0.25, 0.3) is 0 Å². The molecule has 20 heavy (non-hydrogen) atoms. The molecule has 1 unspecified atom stereocenters. The minimum Gasteiger partial charge on any atom is -0.274 e. The minimum atomic E-state index is -3.75. The molecular weight excluding hydrogens is 342 g/mol. The van der Waals surface area contributed by atoms with Gasteiger partial charge in [0.25, 0.3) is 10.0 Å². The Bertz CT molecular complexity index is 640. The summed E-state index contributed by atoms with van der Waals surface area (Å²) in [5.74, 6) is 0.0931. The van der Waals surface area contributed by atoms with Crippen LogP contribution >= 0.6 is 15.9 Å². The number of halogens is 1. The summed E-state index contributed by atoms with van der Waals surface area (Å²) in [6.45, 7) is 6.04. The van der Waals surface area contributed by atoms with Gasteiger partial charge in [0.2, 0.25) is 5.91 Å². The van der Waals surface area contributed by atoms with Crippen LogP contribution in [0, 0.1) is 18.8 Å². The Hall–Kier alpha value is -0.880. The van der Waals surface area contributed by atoms with Crippen molar-refractivity contribution in [3.8, 4) is 0 Å². The molecule has 1 heterocycles. The molecule has 0 spiro atoms. The molecule has 2 rings (SSSR count). The zero-order valence-electron chi connectivity index (χ0n) is 11.8. The number of nitrogens with zero attached hydrogens (tertiary/aromatic N) is 1. The Kier molecular flexibility index (Phi) is 4.25. The minimum absolute atomic E-state index is 0.102. The molecule has 0 aliphatic carbocycles. The highest BCUT2D eigenvalue weighted by atomic mass is 79.9. The van der Waals surface area contributed by atoms with E-state index in [1.807, 2.05) is 13.8 Å². The van der Waals surface area contributed by atoms with Crippen LogP contribution < -0.4 is 0 Å². The summed E-state index contributed by atoms with van der Waals surface area (Å²) in [5.41, 5.74) is 0.647. The van der Waals surface area contributed by atoms with E-state index in [1.165, 1.54) is 0 Å². The molecule has 1 aromatic rings. The van der Waals surface area contributed by atoms with E-state index in [0.29, 0.717) is 22.4 Å². The van der Waals surface area contributed by atoms with Crippen molar-refractivity contribution in [2.45, 2.75) is 32.1 Å². The van der Waals surface area contributed by atoms with Gasteiger partial charge in [-0.3, -0.25) is 4.79 Å². The first-order valence-electron chi connectivity index (χ1n) is 6.55. The first kappa shape index (κ1) is 15.5. The fraction of sp³-hybridized carbons (Fsp3) is 0.500. The van der Waals surface area contributed by atoms with Gasteiger partial charge in [-0.15, -0.1) is 0 Å². The Morgan fingerprint density at radius 1 is 1.35 bits per heavy atom. The summed E-state index contributed by atoms with van der Waals surface area (Å²) >= 11 is 3.28. The van der Waals surface area contributed by atoms with E-state index in [0.717, 1.165) is 4.31 Å². The number of rotatable bonds is 3. The molecular formula is C14H18BrNO3S. The number of aryl methyl sites for hydroxylation is 1. The number of hydrogen-bond acceptors (Lipinski definition) is 3. The zero-order valence-corrected chi connectivity index (χ0v) is 14.2. The second-order valence-corrected chi connectivity index (χ2v) is 8.29. The molecule has 6 heteroatoms. The largest absolute Gasteiger partial charge is 0.274 e. The van der Waals surface area contributed by atoms with Crippen LogP contribution in [0.5, 0.6) is 0 Å². The van der Waals surface area contributed by atoms with Gasteiger partial charge in [-0.2, -0.15) is 0 Å². The van der Waals surface area contributed by atoms with Crippen LogP contribution in [0.4, 0.5) is 0 Å². The van der Waals surface area contributed by atoms with Crippen LogP contribution in [0.1, 0.15) is 25.8 Å². The number of carbonyl (C=O) groups is 1. The number of amides is 1. The molecule has 0 aromatic heterocycles. The van der Waals surface area contributed by atoms with Crippen molar-refractivity contribution in [1.82, 2.24) is 4.31 Å². The molecule has 0 N–H and O–H groups in total. The van der Waals surface area contributed by atoms with Gasteiger partial charge in [0.1, 0.15) is 0 Å². The van der Waals surface area contributed by atoms with Gasteiger partial charge >= 0.3 is 0 Å². The number of hydrogen-bond donors (Lipinski definition) is 0. The maximum Gasteiger partial charge on any atom is 0.266 e. The Morgan fingerprint density at radius 3 is 2.55 bits per heavy atom. The average Bonchev–Trinajstić information content (AvgIpc) is 2.75. The number of benzene rings is 1. The van der Waals surface area contributed by atoms with E-state index < -0.39 is 10.0 Å². The lowest BCUT2D eigenvalue weighted by molar-refractivity contribution is -0.123. The van der Waals surface area contributed by atoms with E-state index in [-0.39, 0.29) is 23.3 Å². The van der Waals surface area contributed by atoms with Crippen molar-refractivity contribution in [3.05, 3.63) is 28.2 Å². The predicted molar refractivity (Wildman–Crippen MR) is 80.7 cm³/mol. The average molecular weight is 360 g/mol. The first-order chi connectivity index (χ1) is 9.23. The van der Waals surface area contributed by atoms with E-state index in [4.69, 9.17) is 0 Å². The molecule has 0 radical (unpaired) electrons. The normalized spacial score (nSPS) is 19.9. The van der Waals surface area contributed by atoms with Crippen molar-refractivity contribution in [2.75, 3.05) is 6.54 Å². The first-order valence-corrected chi connectivity index (χ1v) is 8.78. The molecule has 1 amide bonds. The third kappa shape index (κ3) is 2.76. The lowest BCUT2D eigenvalue weighted by Gasteiger charge is -2.19. The van der Waals surface area contributed by atoms with Crippen molar-refractivity contribution in [1.29, 1.82) is 0 Å². The van der Waals surface area contributed by atoms with E-state index in [1.54, 1.807) is 25.1 Å². The summed E-state index contributed by atoms with van der Waals surface area (Å²) < 4.78 is 27.1. The lowest BCUT2D eigenvalue weighted by atomic mass is 9.95. The van der Waals surface area contributed by atoms with Crippen molar-refractivity contribution >= 4 is 31.9 Å². The van der Waals surface area contributed by atoms with Crippen LogP contribution in [-0.4, -0.2) is 25.2 Å². The van der Waals surface area contributed by atoms with E-state index in [9.17, 15) is 13.2 Å². The summed E-state index contributed by atoms with van der Waals surface area (Å²) in [6, 6.07) is 5.08. The topological polar surface area (TPSA) is 54.5 Å². The Morgan fingerprint density at radius 2 is 2.00 bits per heavy atom. The number of carbonyl (C=O) groups excluding carboxylic acids is 1. The number of sulfonamides is 1. The summed E-state index contributed by atoms with van der Waals surface area (Å²) in [5, 5.41) is 0. The SMILES string of the molecule is Cc1ccc(Br)cc1S(=O)(=O)N1CC(C(C)C)CC1=O. The zero-order chi connectivity index (χ0) is 15.1. The third-order valence-corrected chi connectivity index (χ3v) is 6.20. The highest BCUT2D eigenvalue weighted by Crippen LogP contribution is 2.31. The standard InChI is InChI=1S/C14H18BrNO3S/c1-9(2)11-6-14(17)16(8-11)20(18,19)13-7-12(15)5-4-10(13)3/h4-5,7,9,11H,6,8H2,1-3H3. The summed E-state index contributed by atoms with van der Waals surface area (Å²) in [7, 11) is -3.75. The maximum atomic E-state index is 12.7. The van der Waals surface area contributed by atoms with Crippen LogP contribution in [0.2, 0.25) is 0 Å². The molecule has 4 nitrogen and oxygen atoms in total. The fourth-order valence-electron chi connectivity index (χ4n) is 2.35. The molecule has 1 fully saturated rings. The van der Waals surface area contributed by atoms with Gasteiger partial charge in [0.15, 0.2) is 0 Å². The van der Waals surface area contributed by atoms with Crippen molar-refractivity contribution < 1.29 is 13.2 Å². The van der Waals surface area contributed by atoms with E-state index >= 15 is 0 Å². The predicted octanol–water partition coefficient (Wildman–Crippen LogP) is 2.95. The van der Waals surface area contributed by atoms with Crippen molar-refractivity contribution in [2.24, 2.45) is 11.8 Å². The molecule has 1 aromatic carbocycles.